The first-order valence-electron chi connectivity index (χ1n) is 7.66. The van der Waals surface area contributed by atoms with Crippen LogP contribution in [0.4, 0.5) is 11.4 Å². The first kappa shape index (κ1) is 18.7. The Morgan fingerprint density at radius 1 is 1.24 bits per heavy atom. The van der Waals surface area contributed by atoms with Crippen LogP contribution in [0, 0.1) is 10.1 Å². The van der Waals surface area contributed by atoms with Crippen LogP contribution in [0.5, 0.6) is 5.75 Å². The van der Waals surface area contributed by atoms with Crippen molar-refractivity contribution < 1.29 is 10.0 Å². The summed E-state index contributed by atoms with van der Waals surface area (Å²) in [6.45, 7) is 6.14. The predicted octanol–water partition coefficient (Wildman–Crippen LogP) is 5.67. The summed E-state index contributed by atoms with van der Waals surface area (Å²) in [6.07, 6.45) is 4.86. The molecule has 2 aromatic rings. The van der Waals surface area contributed by atoms with Gasteiger partial charge in [0, 0.05) is 18.3 Å². The standard InChI is InChI=1S/C19H19ClN2O3/c1-19(2,3)14-11-16(20)18(23)17(12-14)21-9-5-7-13-6-4-8-15(10-13)22(24)25/h4-12,23H,1-3H3. The molecule has 0 heterocycles. The highest BCUT2D eigenvalue weighted by Gasteiger charge is 2.17. The van der Waals surface area contributed by atoms with Gasteiger partial charge in [-0.2, -0.15) is 0 Å². The lowest BCUT2D eigenvalue weighted by atomic mass is 9.87. The van der Waals surface area contributed by atoms with E-state index >= 15 is 0 Å². The van der Waals surface area contributed by atoms with Crippen LogP contribution in [0.15, 0.2) is 47.5 Å². The third-order valence-corrected chi connectivity index (χ3v) is 3.87. The molecule has 2 rings (SSSR count). The van der Waals surface area contributed by atoms with Crippen molar-refractivity contribution in [2.45, 2.75) is 26.2 Å². The molecule has 0 bridgehead atoms. The molecule has 0 saturated heterocycles. The summed E-state index contributed by atoms with van der Waals surface area (Å²) in [7, 11) is 0. The molecule has 0 saturated carbocycles. The Morgan fingerprint density at radius 3 is 2.60 bits per heavy atom. The van der Waals surface area contributed by atoms with Gasteiger partial charge >= 0.3 is 0 Å². The Labute approximate surface area is 151 Å². The number of aromatic hydroxyl groups is 1. The van der Waals surface area contributed by atoms with Crippen molar-refractivity contribution in [1.82, 2.24) is 0 Å². The van der Waals surface area contributed by atoms with Gasteiger partial charge < -0.3 is 5.11 Å². The fraction of sp³-hybridized carbons (Fsp3) is 0.211. The van der Waals surface area contributed by atoms with Crippen molar-refractivity contribution in [3.8, 4) is 5.75 Å². The summed E-state index contributed by atoms with van der Waals surface area (Å²) in [6, 6.07) is 9.80. The second-order valence-electron chi connectivity index (χ2n) is 6.57. The molecule has 130 valence electrons. The number of nitrogens with zero attached hydrogens (tertiary/aromatic N) is 2. The Balaban J connectivity index is 2.23. The largest absolute Gasteiger partial charge is 0.504 e. The maximum absolute atomic E-state index is 10.8. The van der Waals surface area contributed by atoms with E-state index in [1.54, 1.807) is 36.4 Å². The number of hydrogen-bond donors (Lipinski definition) is 1. The van der Waals surface area contributed by atoms with Crippen LogP contribution < -0.4 is 0 Å². The fourth-order valence-electron chi connectivity index (χ4n) is 2.14. The molecule has 0 aliphatic heterocycles. The van der Waals surface area contributed by atoms with E-state index in [1.807, 2.05) is 20.8 Å². The van der Waals surface area contributed by atoms with E-state index in [9.17, 15) is 15.2 Å². The van der Waals surface area contributed by atoms with Gasteiger partial charge in [-0.15, -0.1) is 0 Å². The van der Waals surface area contributed by atoms with Gasteiger partial charge in [-0.25, -0.2) is 0 Å². The molecule has 0 fully saturated rings. The van der Waals surface area contributed by atoms with Crippen LogP contribution >= 0.6 is 11.6 Å². The summed E-state index contributed by atoms with van der Waals surface area (Å²) >= 11 is 6.08. The van der Waals surface area contributed by atoms with Gasteiger partial charge in [0.1, 0.15) is 5.69 Å². The molecule has 2 aromatic carbocycles. The number of aliphatic imine (C=N–C) groups is 1. The molecule has 6 heteroatoms. The van der Waals surface area contributed by atoms with E-state index in [0.717, 1.165) is 5.56 Å². The van der Waals surface area contributed by atoms with Gasteiger partial charge in [-0.1, -0.05) is 50.6 Å². The Bertz CT molecular complexity index is 852. The number of hydrogen-bond acceptors (Lipinski definition) is 4. The van der Waals surface area contributed by atoms with E-state index in [1.165, 1.54) is 18.3 Å². The zero-order valence-electron chi connectivity index (χ0n) is 14.2. The first-order chi connectivity index (χ1) is 11.7. The topological polar surface area (TPSA) is 75.7 Å². The molecule has 0 spiro atoms. The summed E-state index contributed by atoms with van der Waals surface area (Å²) < 4.78 is 0. The molecule has 0 aromatic heterocycles. The summed E-state index contributed by atoms with van der Waals surface area (Å²) in [4.78, 5) is 14.6. The molecular weight excluding hydrogens is 340 g/mol. The summed E-state index contributed by atoms with van der Waals surface area (Å²) in [5.74, 6) is -0.0744. The monoisotopic (exact) mass is 358 g/mol. The van der Waals surface area contributed by atoms with Gasteiger partial charge in [-0.3, -0.25) is 15.1 Å². The van der Waals surface area contributed by atoms with Crippen molar-refractivity contribution in [2.75, 3.05) is 0 Å². The normalized spacial score (nSPS) is 12.2. The molecule has 0 atom stereocenters. The van der Waals surface area contributed by atoms with E-state index in [4.69, 9.17) is 11.6 Å². The maximum Gasteiger partial charge on any atom is 0.270 e. The smallest absolute Gasteiger partial charge is 0.270 e. The number of non-ortho nitro benzene ring substituents is 1. The minimum Gasteiger partial charge on any atom is -0.504 e. The van der Waals surface area contributed by atoms with Crippen molar-refractivity contribution in [1.29, 1.82) is 0 Å². The number of nitro benzene ring substituents is 1. The SMILES string of the molecule is CC(C)(C)c1cc(Cl)c(O)c(N=CC=Cc2cccc([N+](=O)[O-])c2)c1. The van der Waals surface area contributed by atoms with E-state index < -0.39 is 4.92 Å². The average Bonchev–Trinajstić information content (AvgIpc) is 2.54. The van der Waals surface area contributed by atoms with Gasteiger partial charge in [0.25, 0.3) is 5.69 Å². The zero-order chi connectivity index (χ0) is 18.6. The first-order valence-corrected chi connectivity index (χ1v) is 8.04. The van der Waals surface area contributed by atoms with E-state index in [2.05, 4.69) is 4.99 Å². The number of rotatable bonds is 4. The van der Waals surface area contributed by atoms with E-state index in [-0.39, 0.29) is 21.9 Å². The lowest BCUT2D eigenvalue weighted by Gasteiger charge is -2.20. The maximum atomic E-state index is 10.8. The second kappa shape index (κ2) is 7.49. The van der Waals surface area contributed by atoms with Gasteiger partial charge in [0.05, 0.1) is 9.95 Å². The van der Waals surface area contributed by atoms with Crippen molar-refractivity contribution in [2.24, 2.45) is 4.99 Å². The zero-order valence-corrected chi connectivity index (χ0v) is 15.0. The van der Waals surface area contributed by atoms with Crippen LogP contribution in [0.25, 0.3) is 6.08 Å². The fourth-order valence-corrected chi connectivity index (χ4v) is 2.35. The van der Waals surface area contributed by atoms with Gasteiger partial charge in [0.2, 0.25) is 0 Å². The highest BCUT2D eigenvalue weighted by Crippen LogP contribution is 2.38. The van der Waals surface area contributed by atoms with Crippen LogP contribution in [-0.2, 0) is 5.41 Å². The molecule has 0 aliphatic carbocycles. The molecule has 0 radical (unpaired) electrons. The number of benzene rings is 2. The Hall–Kier alpha value is -2.66. The molecule has 0 aliphatic rings. The number of phenolic OH excluding ortho intramolecular Hbond substituents is 1. The molecule has 0 unspecified atom stereocenters. The Morgan fingerprint density at radius 2 is 1.96 bits per heavy atom. The highest BCUT2D eigenvalue weighted by atomic mass is 35.5. The van der Waals surface area contributed by atoms with E-state index in [0.29, 0.717) is 11.3 Å². The second-order valence-corrected chi connectivity index (χ2v) is 6.97. The third kappa shape index (κ3) is 4.90. The number of halogens is 1. The summed E-state index contributed by atoms with van der Waals surface area (Å²) in [5.41, 5.74) is 1.93. The van der Waals surface area contributed by atoms with Crippen LogP contribution in [0.3, 0.4) is 0 Å². The molecular formula is C19H19ClN2O3. The van der Waals surface area contributed by atoms with Crippen molar-refractivity contribution >= 4 is 35.3 Å². The number of allylic oxidation sites excluding steroid dienone is 1. The minimum atomic E-state index is -0.441. The van der Waals surface area contributed by atoms with Crippen molar-refractivity contribution in [3.63, 3.8) is 0 Å². The summed E-state index contributed by atoms with van der Waals surface area (Å²) in [5, 5.41) is 21.1. The van der Waals surface area contributed by atoms with Crippen LogP contribution in [0.2, 0.25) is 5.02 Å². The van der Waals surface area contributed by atoms with Crippen molar-refractivity contribution in [3.05, 3.63) is 68.7 Å². The predicted molar refractivity (Wildman–Crippen MR) is 102 cm³/mol. The highest BCUT2D eigenvalue weighted by molar-refractivity contribution is 6.32. The molecule has 0 amide bonds. The number of phenols is 1. The van der Waals surface area contributed by atoms with Crippen LogP contribution in [0.1, 0.15) is 31.9 Å². The minimum absolute atomic E-state index is 0.0291. The molecule has 25 heavy (non-hydrogen) atoms. The molecule has 1 N–H and O–H groups in total. The van der Waals surface area contributed by atoms with Gasteiger partial charge in [0.15, 0.2) is 5.75 Å². The number of nitro groups is 1. The van der Waals surface area contributed by atoms with Gasteiger partial charge in [-0.05, 0) is 34.8 Å². The lowest BCUT2D eigenvalue weighted by Crippen LogP contribution is -2.10. The Kier molecular flexibility index (Phi) is 5.59. The quantitative estimate of drug-likeness (QED) is 0.434. The molecule has 5 nitrogen and oxygen atoms in total. The van der Waals surface area contributed by atoms with Crippen LogP contribution in [-0.4, -0.2) is 16.2 Å². The third-order valence-electron chi connectivity index (χ3n) is 3.58. The average molecular weight is 359 g/mol. The lowest BCUT2D eigenvalue weighted by molar-refractivity contribution is -0.384.